The molecule has 0 N–H and O–H groups in total. The number of aromatic nitrogens is 1. The molecule has 1 fully saturated rings. The fourth-order valence-electron chi connectivity index (χ4n) is 7.84. The number of aliphatic imine (C=N–C) groups is 1. The van der Waals surface area contributed by atoms with Crippen LogP contribution in [0.5, 0.6) is 0 Å². The normalized spacial score (nSPS) is 15.6. The summed E-state index contributed by atoms with van der Waals surface area (Å²) in [6.45, 7) is 5.88. The van der Waals surface area contributed by atoms with Crippen molar-refractivity contribution in [3.05, 3.63) is 171 Å². The first-order valence-electron chi connectivity index (χ1n) is 19.6. The van der Waals surface area contributed by atoms with Crippen molar-refractivity contribution in [1.82, 2.24) is 19.3 Å². The van der Waals surface area contributed by atoms with E-state index in [1.165, 1.54) is 9.47 Å². The number of hydrogen-bond acceptors (Lipinski definition) is 8. The molecule has 2 aliphatic rings. The van der Waals surface area contributed by atoms with Crippen LogP contribution in [0, 0.1) is 11.3 Å². The van der Waals surface area contributed by atoms with E-state index in [4.69, 9.17) is 21.3 Å². The first-order valence-corrected chi connectivity index (χ1v) is 20.0. The number of benzene rings is 5. The Morgan fingerprint density at radius 3 is 2.07 bits per heavy atom. The predicted molar refractivity (Wildman–Crippen MR) is 229 cm³/mol. The molecule has 3 heterocycles. The van der Waals surface area contributed by atoms with Crippen LogP contribution in [0.1, 0.15) is 69.4 Å². The summed E-state index contributed by atoms with van der Waals surface area (Å²) >= 11 is 6.36. The van der Waals surface area contributed by atoms with E-state index in [9.17, 15) is 24.4 Å². The lowest BCUT2D eigenvalue weighted by atomic mass is 10.0. The zero-order chi connectivity index (χ0) is 42.1. The minimum absolute atomic E-state index is 0.0112. The zero-order valence-corrected chi connectivity index (χ0v) is 34.1. The smallest absolute Gasteiger partial charge is 0.419 e. The van der Waals surface area contributed by atoms with Crippen molar-refractivity contribution in [3.8, 4) is 6.07 Å². The van der Waals surface area contributed by atoms with Crippen molar-refractivity contribution in [2.75, 3.05) is 19.6 Å². The highest BCUT2D eigenvalue weighted by Crippen LogP contribution is 2.30. The van der Waals surface area contributed by atoms with Crippen molar-refractivity contribution < 1.29 is 23.9 Å². The third kappa shape index (κ3) is 8.21. The van der Waals surface area contributed by atoms with Crippen LogP contribution in [0.2, 0.25) is 5.02 Å². The summed E-state index contributed by atoms with van der Waals surface area (Å²) in [7, 11) is 0. The second-order valence-electron chi connectivity index (χ2n) is 15.9. The van der Waals surface area contributed by atoms with Crippen molar-refractivity contribution >= 4 is 57.7 Å². The quantitative estimate of drug-likeness (QED) is 0.106. The SMILES string of the molecule is CC(C)(C)OC(=O)n1c(CN2CC(=O)N(Cc3ccc(C#N)c(N=C(c4ccccc4)c4ccccc4)c3)[C@@H](CN3C(=O)c4ccccc4C3=O)C2)cc2cc(Cl)ccc21. The lowest BCUT2D eigenvalue weighted by molar-refractivity contribution is -0.141. The van der Waals surface area contributed by atoms with Crippen LogP contribution in [0.4, 0.5) is 10.5 Å². The Labute approximate surface area is 352 Å². The maximum Gasteiger partial charge on any atom is 0.419 e. The highest BCUT2D eigenvalue weighted by Gasteiger charge is 2.41. The summed E-state index contributed by atoms with van der Waals surface area (Å²) in [5, 5.41) is 11.4. The molecule has 1 saturated heterocycles. The van der Waals surface area contributed by atoms with Gasteiger partial charge in [0.25, 0.3) is 11.8 Å². The molecule has 0 aliphatic carbocycles. The number of piperazine rings is 1. The van der Waals surface area contributed by atoms with Crippen LogP contribution in [-0.4, -0.2) is 80.1 Å². The Morgan fingerprint density at radius 1 is 0.817 bits per heavy atom. The molecule has 3 amide bonds. The van der Waals surface area contributed by atoms with Gasteiger partial charge in [0.05, 0.1) is 52.7 Å². The molecule has 0 saturated carbocycles. The van der Waals surface area contributed by atoms with Gasteiger partial charge in [0.2, 0.25) is 5.91 Å². The van der Waals surface area contributed by atoms with E-state index in [1.54, 1.807) is 80.3 Å². The number of carbonyl (C=O) groups is 4. The monoisotopic (exact) mass is 816 g/mol. The fourth-order valence-corrected chi connectivity index (χ4v) is 8.02. The standard InChI is InChI=1S/C48H41ClN6O5/c1-48(2,3)60-47(59)55-37(24-35-23-36(49)20-21-42(35)55)27-52-28-38(29-54-45(57)39-16-10-11-17-40(39)46(54)58)53(43(56)30-52)26-31-18-19-34(25-50)41(22-31)51-44(32-12-6-4-7-13-32)33-14-8-5-9-15-33/h4-24,38H,26-30H2,1-3H3/t38-/m1/s1. The second kappa shape index (κ2) is 16.4. The zero-order valence-electron chi connectivity index (χ0n) is 33.3. The van der Waals surface area contributed by atoms with E-state index >= 15 is 0 Å². The minimum atomic E-state index is -0.766. The molecule has 1 aromatic heterocycles. The number of halogens is 1. The van der Waals surface area contributed by atoms with Gasteiger partial charge in [-0.25, -0.2) is 14.4 Å². The lowest BCUT2D eigenvalue weighted by Gasteiger charge is -2.42. The Morgan fingerprint density at radius 2 is 1.45 bits per heavy atom. The topological polar surface area (TPSA) is 128 Å². The Bertz CT molecular complexity index is 2660. The summed E-state index contributed by atoms with van der Waals surface area (Å²) < 4.78 is 7.31. The molecule has 1 atom stereocenters. The number of nitriles is 1. The number of rotatable bonds is 9. The van der Waals surface area contributed by atoms with Crippen LogP contribution in [0.3, 0.4) is 0 Å². The molecule has 8 rings (SSSR count). The number of carbonyl (C=O) groups excluding carboxylic acids is 4. The molecule has 60 heavy (non-hydrogen) atoms. The third-order valence-corrected chi connectivity index (χ3v) is 10.8. The Hall–Kier alpha value is -6.87. The van der Waals surface area contributed by atoms with Gasteiger partial charge in [-0.2, -0.15) is 5.26 Å². The number of ether oxygens (including phenoxy) is 1. The molecule has 300 valence electrons. The molecular formula is C48H41ClN6O5. The largest absolute Gasteiger partial charge is 0.443 e. The summed E-state index contributed by atoms with van der Waals surface area (Å²) in [6.07, 6.45) is -0.565. The van der Waals surface area contributed by atoms with Crippen LogP contribution in [0.15, 0.2) is 132 Å². The van der Waals surface area contributed by atoms with E-state index in [2.05, 4.69) is 6.07 Å². The highest BCUT2D eigenvalue weighted by molar-refractivity contribution is 6.31. The maximum absolute atomic E-state index is 14.4. The molecule has 6 aromatic rings. The number of imide groups is 1. The van der Waals surface area contributed by atoms with Crippen LogP contribution >= 0.6 is 11.6 Å². The van der Waals surface area contributed by atoms with Crippen molar-refractivity contribution in [2.24, 2.45) is 4.99 Å². The summed E-state index contributed by atoms with van der Waals surface area (Å²) in [5.74, 6) is -1.09. The molecule has 0 unspecified atom stereocenters. The van der Waals surface area contributed by atoms with Gasteiger partial charge >= 0.3 is 6.09 Å². The predicted octanol–water partition coefficient (Wildman–Crippen LogP) is 8.63. The van der Waals surface area contributed by atoms with E-state index in [-0.39, 0.29) is 38.6 Å². The number of amides is 3. The fraction of sp³-hybridized carbons (Fsp3) is 0.208. The van der Waals surface area contributed by atoms with Gasteiger partial charge in [0, 0.05) is 46.9 Å². The van der Waals surface area contributed by atoms with Gasteiger partial charge < -0.3 is 9.64 Å². The molecule has 12 heteroatoms. The average Bonchev–Trinajstić information content (AvgIpc) is 3.70. The molecule has 5 aromatic carbocycles. The maximum atomic E-state index is 14.4. The number of hydrogen-bond donors (Lipinski definition) is 0. The summed E-state index contributed by atoms with van der Waals surface area (Å²) in [4.78, 5) is 65.4. The van der Waals surface area contributed by atoms with Gasteiger partial charge in [0.15, 0.2) is 0 Å². The van der Waals surface area contributed by atoms with Gasteiger partial charge in [0.1, 0.15) is 11.7 Å². The molecule has 2 aliphatic heterocycles. The number of nitrogens with zero attached hydrogens (tertiary/aromatic N) is 6. The summed E-state index contributed by atoms with van der Waals surface area (Å²) in [5.41, 5.74) is 5.01. The van der Waals surface area contributed by atoms with Gasteiger partial charge in [-0.1, -0.05) is 90.5 Å². The molecule has 0 bridgehead atoms. The van der Waals surface area contributed by atoms with Crippen LogP contribution < -0.4 is 0 Å². The first kappa shape index (κ1) is 39.9. The van der Waals surface area contributed by atoms with E-state index in [0.29, 0.717) is 49.9 Å². The number of fused-ring (bicyclic) bond motifs is 2. The lowest BCUT2D eigenvalue weighted by Crippen LogP contribution is -2.59. The van der Waals surface area contributed by atoms with Crippen molar-refractivity contribution in [2.45, 2.75) is 45.5 Å². The van der Waals surface area contributed by atoms with Gasteiger partial charge in [-0.15, -0.1) is 0 Å². The molecule has 0 spiro atoms. The van der Waals surface area contributed by atoms with Crippen LogP contribution in [-0.2, 0) is 22.6 Å². The average molecular weight is 817 g/mol. The molecular weight excluding hydrogens is 776 g/mol. The van der Waals surface area contributed by atoms with Gasteiger partial charge in [-0.3, -0.25) is 24.2 Å². The molecule has 0 radical (unpaired) electrons. The van der Waals surface area contributed by atoms with E-state index in [0.717, 1.165) is 16.5 Å². The van der Waals surface area contributed by atoms with Crippen molar-refractivity contribution in [3.63, 3.8) is 0 Å². The van der Waals surface area contributed by atoms with E-state index < -0.39 is 29.6 Å². The Balaban J connectivity index is 1.14. The van der Waals surface area contributed by atoms with Crippen molar-refractivity contribution in [1.29, 1.82) is 5.26 Å². The second-order valence-corrected chi connectivity index (χ2v) is 16.4. The van der Waals surface area contributed by atoms with Crippen LogP contribution in [0.25, 0.3) is 10.9 Å². The molecule has 11 nitrogen and oxygen atoms in total. The van der Waals surface area contributed by atoms with E-state index in [1.807, 2.05) is 77.7 Å². The summed E-state index contributed by atoms with van der Waals surface area (Å²) in [6, 6.07) is 40.2. The Kier molecular flexibility index (Phi) is 10.9. The minimum Gasteiger partial charge on any atom is -0.443 e. The van der Waals surface area contributed by atoms with Gasteiger partial charge in [-0.05, 0) is 74.9 Å². The first-order chi connectivity index (χ1) is 28.9. The highest BCUT2D eigenvalue weighted by atomic mass is 35.5. The third-order valence-electron chi connectivity index (χ3n) is 10.5.